The van der Waals surface area contributed by atoms with Gasteiger partial charge in [-0.1, -0.05) is 158 Å². The Hall–Kier alpha value is -7.36. The van der Waals surface area contributed by atoms with Crippen LogP contribution in [0.25, 0.3) is 44.5 Å². The molecule has 306 valence electrons. The molecule has 64 heavy (non-hydrogen) atoms. The lowest BCUT2D eigenvalue weighted by Gasteiger charge is -2.45. The van der Waals surface area contributed by atoms with Gasteiger partial charge in [0.2, 0.25) is 0 Å². The molecule has 9 aromatic rings. The van der Waals surface area contributed by atoms with Crippen molar-refractivity contribution in [3.63, 3.8) is 0 Å². The zero-order chi connectivity index (χ0) is 42.6. The van der Waals surface area contributed by atoms with Gasteiger partial charge in [0.15, 0.2) is 0 Å². The molecule has 2 nitrogen and oxygen atoms in total. The standard InChI is InChI=1S/C61H49BN2/c1-42-32-59-61-60(33-42)64(54-38-51(45-24-14-6-15-25-45)35-52(39-54)46-26-16-7-17-27-46)58-41-48-29-9-3-2-8-28-47(48)40-56(58)62(61)55-30-18-19-31-57(55)63(59)53-36-49(43-20-10-4-11-21-43)34-50(37-53)44-22-12-5-13-23-44/h4-7,10-27,30-41H,2-3,8-9,28-29H2,1H3. The molecule has 0 bridgehead atoms. The van der Waals surface area contributed by atoms with Gasteiger partial charge in [-0.05, 0) is 171 Å². The van der Waals surface area contributed by atoms with E-state index in [-0.39, 0.29) is 6.71 Å². The molecule has 0 N–H and O–H groups in total. The summed E-state index contributed by atoms with van der Waals surface area (Å²) in [5.41, 5.74) is 25.5. The highest BCUT2D eigenvalue weighted by Crippen LogP contribution is 2.48. The zero-order valence-corrected chi connectivity index (χ0v) is 36.3. The van der Waals surface area contributed by atoms with Gasteiger partial charge < -0.3 is 9.80 Å². The van der Waals surface area contributed by atoms with Crippen LogP contribution in [0, 0.1) is 6.92 Å². The molecule has 0 amide bonds. The molecule has 3 aliphatic rings. The Bertz CT molecular complexity index is 3060. The van der Waals surface area contributed by atoms with E-state index in [1.807, 2.05) is 0 Å². The lowest BCUT2D eigenvalue weighted by Crippen LogP contribution is -2.61. The average molecular weight is 821 g/mol. The topological polar surface area (TPSA) is 6.48 Å². The predicted molar refractivity (Wildman–Crippen MR) is 273 cm³/mol. The molecule has 12 rings (SSSR count). The Morgan fingerprint density at radius 2 is 0.734 bits per heavy atom. The van der Waals surface area contributed by atoms with Crippen molar-refractivity contribution in [3.05, 3.63) is 223 Å². The highest BCUT2D eigenvalue weighted by Gasteiger charge is 2.44. The van der Waals surface area contributed by atoms with Gasteiger partial charge in [-0.3, -0.25) is 0 Å². The number of hydrogen-bond acceptors (Lipinski definition) is 2. The van der Waals surface area contributed by atoms with E-state index in [2.05, 4.69) is 223 Å². The van der Waals surface area contributed by atoms with Crippen LogP contribution in [-0.2, 0) is 12.8 Å². The van der Waals surface area contributed by atoms with E-state index in [4.69, 9.17) is 0 Å². The minimum atomic E-state index is 0.0665. The number of aryl methyl sites for hydroxylation is 3. The molecular weight excluding hydrogens is 771 g/mol. The van der Waals surface area contributed by atoms with Gasteiger partial charge in [0.25, 0.3) is 6.71 Å². The van der Waals surface area contributed by atoms with Crippen LogP contribution in [-0.4, -0.2) is 6.71 Å². The second-order valence-corrected chi connectivity index (χ2v) is 18.0. The smallest absolute Gasteiger partial charge is 0.252 e. The van der Waals surface area contributed by atoms with E-state index < -0.39 is 0 Å². The first-order valence-corrected chi connectivity index (χ1v) is 23.2. The van der Waals surface area contributed by atoms with Gasteiger partial charge in [-0.15, -0.1) is 0 Å². The molecule has 9 aromatic carbocycles. The highest BCUT2D eigenvalue weighted by molar-refractivity contribution is 7.00. The normalized spacial score (nSPS) is 13.9. The Labute approximate surface area is 378 Å². The van der Waals surface area contributed by atoms with Gasteiger partial charge in [0, 0.05) is 34.1 Å². The van der Waals surface area contributed by atoms with Crippen LogP contribution >= 0.6 is 0 Å². The largest absolute Gasteiger partial charge is 0.311 e. The number of rotatable bonds is 6. The van der Waals surface area contributed by atoms with Crippen molar-refractivity contribution < 1.29 is 0 Å². The summed E-state index contributed by atoms with van der Waals surface area (Å²) in [4.78, 5) is 5.21. The van der Waals surface area contributed by atoms with Crippen LogP contribution < -0.4 is 26.2 Å². The van der Waals surface area contributed by atoms with E-state index >= 15 is 0 Å². The number of nitrogens with zero attached hydrogens (tertiary/aromatic N) is 2. The number of benzene rings is 9. The van der Waals surface area contributed by atoms with Crippen LogP contribution in [0.2, 0.25) is 0 Å². The Morgan fingerprint density at radius 3 is 1.20 bits per heavy atom. The molecule has 0 aromatic heterocycles. The van der Waals surface area contributed by atoms with Crippen molar-refractivity contribution >= 4 is 57.2 Å². The zero-order valence-electron chi connectivity index (χ0n) is 36.3. The minimum Gasteiger partial charge on any atom is -0.311 e. The molecule has 0 fully saturated rings. The molecule has 0 spiro atoms. The molecule has 0 unspecified atom stereocenters. The fraction of sp³-hybridized carbons (Fsp3) is 0.115. The summed E-state index contributed by atoms with van der Waals surface area (Å²) in [7, 11) is 0. The number of fused-ring (bicyclic) bond motifs is 5. The van der Waals surface area contributed by atoms with Crippen LogP contribution in [0.1, 0.15) is 42.4 Å². The van der Waals surface area contributed by atoms with Gasteiger partial charge >= 0.3 is 0 Å². The molecule has 2 heterocycles. The van der Waals surface area contributed by atoms with Crippen molar-refractivity contribution in [2.75, 3.05) is 9.80 Å². The first-order valence-electron chi connectivity index (χ1n) is 23.2. The molecule has 3 heteroatoms. The van der Waals surface area contributed by atoms with Crippen molar-refractivity contribution in [1.82, 2.24) is 0 Å². The van der Waals surface area contributed by atoms with Crippen LogP contribution in [0.5, 0.6) is 0 Å². The second-order valence-electron chi connectivity index (χ2n) is 18.0. The Kier molecular flexibility index (Phi) is 9.63. The predicted octanol–water partition coefficient (Wildman–Crippen LogP) is 14.4. The summed E-state index contributed by atoms with van der Waals surface area (Å²) in [5, 5.41) is 0. The summed E-state index contributed by atoms with van der Waals surface area (Å²) in [6.45, 7) is 2.35. The lowest BCUT2D eigenvalue weighted by atomic mass is 9.33. The van der Waals surface area contributed by atoms with E-state index in [9.17, 15) is 0 Å². The number of anilines is 6. The summed E-state index contributed by atoms with van der Waals surface area (Å²) < 4.78 is 0. The van der Waals surface area contributed by atoms with Gasteiger partial charge in [0.1, 0.15) is 0 Å². The van der Waals surface area contributed by atoms with Gasteiger partial charge in [0.05, 0.1) is 0 Å². The maximum atomic E-state index is 2.64. The Morgan fingerprint density at radius 1 is 0.328 bits per heavy atom. The molecule has 0 saturated carbocycles. The lowest BCUT2D eigenvalue weighted by molar-refractivity contribution is 0.617. The van der Waals surface area contributed by atoms with E-state index in [1.165, 1.54) is 132 Å². The SMILES string of the molecule is Cc1cc2c3c(c1)N(c1cc(-c4ccccc4)cc(-c4ccccc4)c1)c1cc4c(cc1B3c1ccccc1N2c1cc(-c2ccccc2)cc(-c2ccccc2)c1)CCCCCC4. The summed E-state index contributed by atoms with van der Waals surface area (Å²) in [6.07, 6.45) is 7.34. The van der Waals surface area contributed by atoms with Gasteiger partial charge in [-0.2, -0.15) is 0 Å². The van der Waals surface area contributed by atoms with Crippen molar-refractivity contribution in [1.29, 1.82) is 0 Å². The van der Waals surface area contributed by atoms with Crippen LogP contribution in [0.15, 0.2) is 206 Å². The Balaban J connectivity index is 1.15. The second kappa shape index (κ2) is 16.1. The van der Waals surface area contributed by atoms with Crippen LogP contribution in [0.3, 0.4) is 0 Å². The summed E-state index contributed by atoms with van der Waals surface area (Å²) in [6, 6.07) is 77.3. The van der Waals surface area contributed by atoms with Gasteiger partial charge in [-0.25, -0.2) is 0 Å². The maximum absolute atomic E-state index is 2.64. The molecule has 1 aliphatic carbocycles. The van der Waals surface area contributed by atoms with E-state index in [0.29, 0.717) is 0 Å². The van der Waals surface area contributed by atoms with Crippen molar-refractivity contribution in [3.8, 4) is 44.5 Å². The summed E-state index contributed by atoms with van der Waals surface area (Å²) >= 11 is 0. The van der Waals surface area contributed by atoms with E-state index in [1.54, 1.807) is 0 Å². The fourth-order valence-corrected chi connectivity index (χ4v) is 10.9. The average Bonchev–Trinajstić information content (AvgIpc) is 3.34. The number of para-hydroxylation sites is 1. The van der Waals surface area contributed by atoms with E-state index in [0.717, 1.165) is 18.5 Å². The van der Waals surface area contributed by atoms with Crippen molar-refractivity contribution in [2.45, 2.75) is 45.4 Å². The third-order valence-electron chi connectivity index (χ3n) is 13.9. The fourth-order valence-electron chi connectivity index (χ4n) is 10.9. The molecule has 0 atom stereocenters. The monoisotopic (exact) mass is 820 g/mol. The summed E-state index contributed by atoms with van der Waals surface area (Å²) in [5.74, 6) is 0. The minimum absolute atomic E-state index is 0.0665. The first-order chi connectivity index (χ1) is 31.6. The van der Waals surface area contributed by atoms with Crippen LogP contribution in [0.4, 0.5) is 34.1 Å². The molecule has 2 aliphatic heterocycles. The molecule has 0 radical (unpaired) electrons. The molecule has 0 saturated heterocycles. The maximum Gasteiger partial charge on any atom is 0.252 e. The molecular formula is C61H49BN2. The quantitative estimate of drug-likeness (QED) is 0.154. The third kappa shape index (κ3) is 6.75. The first kappa shape index (κ1) is 38.3. The number of hydrogen-bond donors (Lipinski definition) is 0. The van der Waals surface area contributed by atoms with Crippen molar-refractivity contribution in [2.24, 2.45) is 0 Å². The highest BCUT2D eigenvalue weighted by atomic mass is 15.2. The third-order valence-corrected chi connectivity index (χ3v) is 13.9.